The molecule has 1 fully saturated rings. The summed E-state index contributed by atoms with van der Waals surface area (Å²) in [6, 6.07) is 2.20. The van der Waals surface area contributed by atoms with Gasteiger partial charge in [0.25, 0.3) is 0 Å². The molecule has 0 spiro atoms. The van der Waals surface area contributed by atoms with E-state index >= 15 is 0 Å². The van der Waals surface area contributed by atoms with E-state index in [1.165, 1.54) is 6.42 Å². The lowest BCUT2D eigenvalue weighted by Gasteiger charge is -2.35. The summed E-state index contributed by atoms with van der Waals surface area (Å²) in [5.74, 6) is 1.16. The molecule has 0 aliphatic carbocycles. The summed E-state index contributed by atoms with van der Waals surface area (Å²) < 4.78 is 1.93. The molecule has 2 rings (SSSR count). The topological polar surface area (TPSA) is 42.2 Å². The first-order valence-electron chi connectivity index (χ1n) is 6.57. The normalized spacial score (nSPS) is 28.1. The molecular weight excluding hydrogens is 244 g/mol. The zero-order valence-corrected chi connectivity index (χ0v) is 12.2. The molecule has 100 valence electrons. The molecule has 0 radical (unpaired) electrons. The minimum atomic E-state index is 0.218. The highest BCUT2D eigenvalue weighted by Gasteiger charge is 2.27. The molecular formula is C13H22N4S. The highest BCUT2D eigenvalue weighted by molar-refractivity contribution is 8.13. The van der Waals surface area contributed by atoms with Crippen LogP contribution >= 0.6 is 11.8 Å². The Morgan fingerprint density at radius 3 is 3.17 bits per heavy atom. The number of thioether (sulfide) groups is 1. The second-order valence-corrected chi connectivity index (χ2v) is 6.23. The predicted molar refractivity (Wildman–Crippen MR) is 78.0 cm³/mol. The number of nitrogens with zero attached hydrogens (tertiary/aromatic N) is 3. The molecule has 1 aliphatic heterocycles. The molecule has 1 aromatic rings. The first kappa shape index (κ1) is 13.5. The van der Waals surface area contributed by atoms with Crippen molar-refractivity contribution in [2.45, 2.75) is 51.7 Å². The Balaban J connectivity index is 1.95. The zero-order chi connectivity index (χ0) is 13.0. The number of aromatic nitrogens is 2. The molecule has 0 saturated carbocycles. The van der Waals surface area contributed by atoms with Gasteiger partial charge in [0.15, 0.2) is 5.17 Å². The third kappa shape index (κ3) is 3.51. The van der Waals surface area contributed by atoms with Crippen LogP contribution in [0.2, 0.25) is 0 Å². The summed E-state index contributed by atoms with van der Waals surface area (Å²) in [7, 11) is 0. The lowest BCUT2D eigenvalue weighted by atomic mass is 9.96. The van der Waals surface area contributed by atoms with Crippen LogP contribution in [0.5, 0.6) is 0 Å². The van der Waals surface area contributed by atoms with E-state index in [2.05, 4.69) is 31.2 Å². The lowest BCUT2D eigenvalue weighted by molar-refractivity contribution is 0.388. The SMILES string of the molecule is CCC1(C)CCSC(=NC(C)Cn2cccn2)N1. The molecule has 18 heavy (non-hydrogen) atoms. The highest BCUT2D eigenvalue weighted by Crippen LogP contribution is 2.25. The van der Waals surface area contributed by atoms with Crippen molar-refractivity contribution in [1.29, 1.82) is 0 Å². The summed E-state index contributed by atoms with van der Waals surface area (Å²) in [5, 5.41) is 8.88. The minimum Gasteiger partial charge on any atom is -0.360 e. The number of hydrogen-bond acceptors (Lipinski definition) is 3. The van der Waals surface area contributed by atoms with Crippen LogP contribution in [0, 0.1) is 0 Å². The first-order chi connectivity index (χ1) is 8.61. The zero-order valence-electron chi connectivity index (χ0n) is 11.4. The Hall–Kier alpha value is -0.970. The number of nitrogens with one attached hydrogen (secondary N) is 1. The Kier molecular flexibility index (Phi) is 4.32. The Morgan fingerprint density at radius 2 is 2.50 bits per heavy atom. The Labute approximate surface area is 113 Å². The Morgan fingerprint density at radius 1 is 1.67 bits per heavy atom. The van der Waals surface area contributed by atoms with E-state index in [4.69, 9.17) is 4.99 Å². The van der Waals surface area contributed by atoms with Crippen LogP contribution in [0.15, 0.2) is 23.5 Å². The van der Waals surface area contributed by atoms with Gasteiger partial charge in [-0.05, 0) is 32.8 Å². The first-order valence-corrected chi connectivity index (χ1v) is 7.56. The largest absolute Gasteiger partial charge is 0.360 e. The average Bonchev–Trinajstić information content (AvgIpc) is 2.81. The van der Waals surface area contributed by atoms with Crippen molar-refractivity contribution in [3.63, 3.8) is 0 Å². The second kappa shape index (κ2) is 5.78. The van der Waals surface area contributed by atoms with Gasteiger partial charge < -0.3 is 5.32 Å². The van der Waals surface area contributed by atoms with Crippen molar-refractivity contribution >= 4 is 16.9 Å². The summed E-state index contributed by atoms with van der Waals surface area (Å²) in [5.41, 5.74) is 0.218. The molecule has 1 N–H and O–H groups in total. The summed E-state index contributed by atoms with van der Waals surface area (Å²) in [6.45, 7) is 7.48. The van der Waals surface area contributed by atoms with E-state index in [0.717, 1.165) is 23.9 Å². The smallest absolute Gasteiger partial charge is 0.157 e. The van der Waals surface area contributed by atoms with Crippen LogP contribution in [0.3, 0.4) is 0 Å². The van der Waals surface area contributed by atoms with Gasteiger partial charge >= 0.3 is 0 Å². The molecule has 5 heteroatoms. The lowest BCUT2D eigenvalue weighted by Crippen LogP contribution is -2.48. The monoisotopic (exact) mass is 266 g/mol. The molecule has 0 aromatic carbocycles. The van der Waals surface area contributed by atoms with Crippen molar-refractivity contribution < 1.29 is 0 Å². The molecule has 1 aliphatic rings. The number of hydrogen-bond donors (Lipinski definition) is 1. The maximum absolute atomic E-state index is 4.76. The third-order valence-electron chi connectivity index (χ3n) is 3.43. The third-order valence-corrected chi connectivity index (χ3v) is 4.32. The molecule has 2 heterocycles. The van der Waals surface area contributed by atoms with Gasteiger partial charge in [-0.2, -0.15) is 5.10 Å². The molecule has 0 bridgehead atoms. The van der Waals surface area contributed by atoms with Crippen LogP contribution in [-0.2, 0) is 6.54 Å². The number of rotatable bonds is 4. The highest BCUT2D eigenvalue weighted by atomic mass is 32.2. The van der Waals surface area contributed by atoms with E-state index in [1.54, 1.807) is 0 Å². The van der Waals surface area contributed by atoms with Gasteiger partial charge in [-0.3, -0.25) is 9.67 Å². The van der Waals surface area contributed by atoms with Gasteiger partial charge in [-0.15, -0.1) is 0 Å². The fraction of sp³-hybridized carbons (Fsp3) is 0.692. The summed E-state index contributed by atoms with van der Waals surface area (Å²) in [4.78, 5) is 4.76. The molecule has 4 nitrogen and oxygen atoms in total. The van der Waals surface area contributed by atoms with Gasteiger partial charge in [0.2, 0.25) is 0 Å². The van der Waals surface area contributed by atoms with Crippen LogP contribution in [-0.4, -0.2) is 32.3 Å². The quantitative estimate of drug-likeness (QED) is 0.910. The summed E-state index contributed by atoms with van der Waals surface area (Å²) in [6.07, 6.45) is 6.14. The Bertz CT molecular complexity index is 401. The van der Waals surface area contributed by atoms with E-state index < -0.39 is 0 Å². The maximum atomic E-state index is 4.76. The molecule has 2 atom stereocenters. The van der Waals surface area contributed by atoms with E-state index in [0.29, 0.717) is 0 Å². The van der Waals surface area contributed by atoms with E-state index in [9.17, 15) is 0 Å². The van der Waals surface area contributed by atoms with Crippen LogP contribution in [0.1, 0.15) is 33.6 Å². The van der Waals surface area contributed by atoms with Crippen molar-refractivity contribution in [2.24, 2.45) is 4.99 Å². The van der Waals surface area contributed by atoms with Crippen LogP contribution in [0.4, 0.5) is 0 Å². The van der Waals surface area contributed by atoms with Crippen molar-refractivity contribution in [1.82, 2.24) is 15.1 Å². The standard InChI is InChI=1S/C13H22N4S/c1-4-13(3)6-9-18-12(16-13)15-11(2)10-17-8-5-7-14-17/h5,7-8,11H,4,6,9-10H2,1-3H3,(H,15,16). The number of aliphatic imine (C=N–C) groups is 1. The molecule has 2 unspecified atom stereocenters. The van der Waals surface area contributed by atoms with Gasteiger partial charge in [0, 0.05) is 23.7 Å². The van der Waals surface area contributed by atoms with Gasteiger partial charge in [-0.1, -0.05) is 18.7 Å². The predicted octanol–water partition coefficient (Wildman–Crippen LogP) is 2.52. The minimum absolute atomic E-state index is 0.218. The fourth-order valence-corrected chi connectivity index (χ4v) is 3.30. The van der Waals surface area contributed by atoms with Gasteiger partial charge in [0.05, 0.1) is 12.6 Å². The van der Waals surface area contributed by atoms with Crippen molar-refractivity contribution in [2.75, 3.05) is 5.75 Å². The van der Waals surface area contributed by atoms with Crippen molar-refractivity contribution in [3.8, 4) is 0 Å². The molecule has 0 amide bonds. The average molecular weight is 266 g/mol. The van der Waals surface area contributed by atoms with Gasteiger partial charge in [0.1, 0.15) is 0 Å². The van der Waals surface area contributed by atoms with Crippen LogP contribution in [0.25, 0.3) is 0 Å². The maximum Gasteiger partial charge on any atom is 0.157 e. The molecule has 1 saturated heterocycles. The number of amidine groups is 1. The van der Waals surface area contributed by atoms with Crippen molar-refractivity contribution in [3.05, 3.63) is 18.5 Å². The van der Waals surface area contributed by atoms with Gasteiger partial charge in [-0.25, -0.2) is 0 Å². The molecule has 1 aromatic heterocycles. The van der Waals surface area contributed by atoms with E-state index in [-0.39, 0.29) is 11.6 Å². The fourth-order valence-electron chi connectivity index (χ4n) is 1.98. The van der Waals surface area contributed by atoms with E-state index in [1.807, 2.05) is 34.9 Å². The van der Waals surface area contributed by atoms with Crippen LogP contribution < -0.4 is 5.32 Å². The second-order valence-electron chi connectivity index (χ2n) is 5.15. The summed E-state index contributed by atoms with van der Waals surface area (Å²) >= 11 is 1.83.